The topological polar surface area (TPSA) is 48.1 Å². The second kappa shape index (κ2) is 5.80. The van der Waals surface area contributed by atoms with Crippen molar-refractivity contribution in [3.63, 3.8) is 0 Å². The van der Waals surface area contributed by atoms with Crippen LogP contribution in [-0.4, -0.2) is 11.6 Å². The molecular formula is C13H16N2OS. The Kier molecular flexibility index (Phi) is 4.12. The second-order valence-corrected chi connectivity index (χ2v) is 4.93. The minimum Gasteiger partial charge on any atom is -0.477 e. The van der Waals surface area contributed by atoms with Gasteiger partial charge in [0.1, 0.15) is 0 Å². The lowest BCUT2D eigenvalue weighted by Gasteiger charge is -2.07. The van der Waals surface area contributed by atoms with Crippen molar-refractivity contribution in [3.8, 4) is 5.88 Å². The number of aromatic nitrogens is 1. The molecule has 0 radical (unpaired) electrons. The van der Waals surface area contributed by atoms with Crippen molar-refractivity contribution in [2.24, 2.45) is 5.73 Å². The molecule has 2 rings (SSSR count). The Hall–Kier alpha value is -1.39. The minimum atomic E-state index is 0.0164. The first-order valence-corrected chi connectivity index (χ1v) is 6.50. The molecule has 3 nitrogen and oxygen atoms in total. The molecule has 0 aliphatic rings. The van der Waals surface area contributed by atoms with Crippen molar-refractivity contribution in [1.29, 1.82) is 0 Å². The van der Waals surface area contributed by atoms with Crippen LogP contribution in [0.2, 0.25) is 0 Å². The standard InChI is InChI=1S/C13H16N2OS/c1-10(14)11-4-5-13(15-9-11)16-7-6-12-3-2-8-17-12/h2-5,8-10H,6-7,14H2,1H3. The van der Waals surface area contributed by atoms with E-state index in [4.69, 9.17) is 10.5 Å². The summed E-state index contributed by atoms with van der Waals surface area (Å²) in [7, 11) is 0. The molecule has 0 saturated heterocycles. The number of ether oxygens (including phenoxy) is 1. The van der Waals surface area contributed by atoms with E-state index in [1.807, 2.05) is 19.1 Å². The largest absolute Gasteiger partial charge is 0.477 e. The van der Waals surface area contributed by atoms with Gasteiger partial charge in [0, 0.05) is 29.6 Å². The number of pyridine rings is 1. The van der Waals surface area contributed by atoms with E-state index in [1.165, 1.54) is 4.88 Å². The number of hydrogen-bond acceptors (Lipinski definition) is 4. The smallest absolute Gasteiger partial charge is 0.213 e. The van der Waals surface area contributed by atoms with Gasteiger partial charge in [-0.2, -0.15) is 0 Å². The summed E-state index contributed by atoms with van der Waals surface area (Å²) in [6.07, 6.45) is 2.69. The number of hydrogen-bond donors (Lipinski definition) is 1. The SMILES string of the molecule is CC(N)c1ccc(OCCc2cccs2)nc1. The van der Waals surface area contributed by atoms with Crippen molar-refractivity contribution in [2.75, 3.05) is 6.61 Å². The lowest BCUT2D eigenvalue weighted by molar-refractivity contribution is 0.310. The van der Waals surface area contributed by atoms with Gasteiger partial charge < -0.3 is 10.5 Å². The predicted molar refractivity (Wildman–Crippen MR) is 70.4 cm³/mol. The van der Waals surface area contributed by atoms with E-state index in [1.54, 1.807) is 17.5 Å². The quantitative estimate of drug-likeness (QED) is 0.885. The molecule has 0 aromatic carbocycles. The molecule has 0 saturated carbocycles. The van der Waals surface area contributed by atoms with Crippen molar-refractivity contribution < 1.29 is 4.74 Å². The first kappa shape index (κ1) is 12.1. The number of nitrogens with zero attached hydrogens (tertiary/aromatic N) is 1. The van der Waals surface area contributed by atoms with Crippen LogP contribution in [-0.2, 0) is 6.42 Å². The van der Waals surface area contributed by atoms with E-state index in [0.717, 1.165) is 12.0 Å². The molecule has 2 aromatic rings. The Morgan fingerprint density at radius 3 is 2.88 bits per heavy atom. The first-order chi connectivity index (χ1) is 8.25. The Labute approximate surface area is 105 Å². The summed E-state index contributed by atoms with van der Waals surface area (Å²) in [6.45, 7) is 2.60. The van der Waals surface area contributed by atoms with E-state index in [0.29, 0.717) is 12.5 Å². The zero-order valence-corrected chi connectivity index (χ0v) is 10.6. The highest BCUT2D eigenvalue weighted by atomic mass is 32.1. The molecule has 17 heavy (non-hydrogen) atoms. The third-order valence-electron chi connectivity index (χ3n) is 2.46. The van der Waals surface area contributed by atoms with Crippen LogP contribution in [0.1, 0.15) is 23.4 Å². The second-order valence-electron chi connectivity index (χ2n) is 3.90. The molecule has 0 amide bonds. The molecular weight excluding hydrogens is 232 g/mol. The first-order valence-electron chi connectivity index (χ1n) is 5.62. The van der Waals surface area contributed by atoms with Gasteiger partial charge in [-0.15, -0.1) is 11.3 Å². The van der Waals surface area contributed by atoms with Crippen LogP contribution < -0.4 is 10.5 Å². The lowest BCUT2D eigenvalue weighted by atomic mass is 10.2. The van der Waals surface area contributed by atoms with E-state index < -0.39 is 0 Å². The molecule has 0 aliphatic carbocycles. The molecule has 0 spiro atoms. The summed E-state index contributed by atoms with van der Waals surface area (Å²) in [5.41, 5.74) is 6.77. The summed E-state index contributed by atoms with van der Waals surface area (Å²) < 4.78 is 5.57. The maximum atomic E-state index is 5.75. The Balaban J connectivity index is 1.83. The van der Waals surface area contributed by atoms with Gasteiger partial charge in [0.15, 0.2) is 0 Å². The van der Waals surface area contributed by atoms with E-state index in [2.05, 4.69) is 22.5 Å². The molecule has 0 fully saturated rings. The van der Waals surface area contributed by atoms with Gasteiger partial charge in [0.05, 0.1) is 6.61 Å². The molecule has 2 heterocycles. The molecule has 2 aromatic heterocycles. The monoisotopic (exact) mass is 248 g/mol. The Bertz CT molecular complexity index is 437. The molecule has 0 aliphatic heterocycles. The fourth-order valence-electron chi connectivity index (χ4n) is 1.46. The van der Waals surface area contributed by atoms with Crippen LogP contribution in [0, 0.1) is 0 Å². The molecule has 2 N–H and O–H groups in total. The fraction of sp³-hybridized carbons (Fsp3) is 0.308. The van der Waals surface area contributed by atoms with E-state index in [9.17, 15) is 0 Å². The van der Waals surface area contributed by atoms with Crippen LogP contribution in [0.4, 0.5) is 0 Å². The zero-order valence-electron chi connectivity index (χ0n) is 9.80. The van der Waals surface area contributed by atoms with Gasteiger partial charge in [-0.05, 0) is 23.9 Å². The zero-order chi connectivity index (χ0) is 12.1. The fourth-order valence-corrected chi connectivity index (χ4v) is 2.15. The van der Waals surface area contributed by atoms with Gasteiger partial charge in [-0.3, -0.25) is 0 Å². The summed E-state index contributed by atoms with van der Waals surface area (Å²) in [5, 5.41) is 2.07. The summed E-state index contributed by atoms with van der Waals surface area (Å²) in [4.78, 5) is 5.55. The van der Waals surface area contributed by atoms with Gasteiger partial charge in [0.25, 0.3) is 0 Å². The lowest BCUT2D eigenvalue weighted by Crippen LogP contribution is -2.06. The Morgan fingerprint density at radius 1 is 1.41 bits per heavy atom. The van der Waals surface area contributed by atoms with Gasteiger partial charge in [-0.25, -0.2) is 4.98 Å². The highest BCUT2D eigenvalue weighted by molar-refractivity contribution is 7.09. The van der Waals surface area contributed by atoms with Crippen LogP contribution >= 0.6 is 11.3 Å². The molecule has 90 valence electrons. The molecule has 1 unspecified atom stereocenters. The van der Waals surface area contributed by atoms with Gasteiger partial charge in [-0.1, -0.05) is 12.1 Å². The Morgan fingerprint density at radius 2 is 2.29 bits per heavy atom. The van der Waals surface area contributed by atoms with Crippen molar-refractivity contribution in [1.82, 2.24) is 4.98 Å². The average molecular weight is 248 g/mol. The molecule has 0 bridgehead atoms. The van der Waals surface area contributed by atoms with E-state index >= 15 is 0 Å². The van der Waals surface area contributed by atoms with Crippen LogP contribution in [0.3, 0.4) is 0 Å². The third-order valence-corrected chi connectivity index (χ3v) is 3.40. The highest BCUT2D eigenvalue weighted by Crippen LogP contribution is 2.13. The number of thiophene rings is 1. The van der Waals surface area contributed by atoms with Crippen LogP contribution in [0.5, 0.6) is 5.88 Å². The van der Waals surface area contributed by atoms with Crippen LogP contribution in [0.15, 0.2) is 35.8 Å². The number of rotatable bonds is 5. The average Bonchev–Trinajstić information content (AvgIpc) is 2.83. The van der Waals surface area contributed by atoms with Gasteiger partial charge in [0.2, 0.25) is 5.88 Å². The minimum absolute atomic E-state index is 0.0164. The van der Waals surface area contributed by atoms with Gasteiger partial charge >= 0.3 is 0 Å². The van der Waals surface area contributed by atoms with Crippen molar-refractivity contribution >= 4 is 11.3 Å². The predicted octanol–water partition coefficient (Wildman–Crippen LogP) is 2.78. The van der Waals surface area contributed by atoms with E-state index in [-0.39, 0.29) is 6.04 Å². The third kappa shape index (κ3) is 3.54. The van der Waals surface area contributed by atoms with Crippen LogP contribution in [0.25, 0.3) is 0 Å². The van der Waals surface area contributed by atoms with Crippen molar-refractivity contribution in [3.05, 3.63) is 46.3 Å². The highest BCUT2D eigenvalue weighted by Gasteiger charge is 2.01. The molecule has 1 atom stereocenters. The number of nitrogens with two attached hydrogens (primary N) is 1. The summed E-state index contributed by atoms with van der Waals surface area (Å²) in [6, 6.07) is 8.00. The molecule has 4 heteroatoms. The van der Waals surface area contributed by atoms with Crippen molar-refractivity contribution in [2.45, 2.75) is 19.4 Å². The maximum absolute atomic E-state index is 5.75. The summed E-state index contributed by atoms with van der Waals surface area (Å²) >= 11 is 1.75. The maximum Gasteiger partial charge on any atom is 0.213 e. The summed E-state index contributed by atoms with van der Waals surface area (Å²) in [5.74, 6) is 0.658. The normalized spacial score (nSPS) is 12.4.